The molecule has 27 heavy (non-hydrogen) atoms. The van der Waals surface area contributed by atoms with Crippen molar-refractivity contribution in [2.75, 3.05) is 6.26 Å². The number of amides is 1. The van der Waals surface area contributed by atoms with Crippen molar-refractivity contribution in [2.24, 2.45) is 4.36 Å². The fourth-order valence-corrected chi connectivity index (χ4v) is 3.49. The highest BCUT2D eigenvalue weighted by atomic mass is 32.2. The summed E-state index contributed by atoms with van der Waals surface area (Å²) in [6, 6.07) is 11.2. The van der Waals surface area contributed by atoms with Crippen LogP contribution < -0.4 is 9.47 Å². The lowest BCUT2D eigenvalue weighted by atomic mass is 10.1. The molecular weight excluding hydrogens is 370 g/mol. The lowest BCUT2D eigenvalue weighted by Crippen LogP contribution is -2.13. The van der Waals surface area contributed by atoms with Crippen LogP contribution in [-0.2, 0) is 19.3 Å². The number of rotatable bonds is 4. The van der Waals surface area contributed by atoms with E-state index in [2.05, 4.69) is 4.36 Å². The minimum Gasteiger partial charge on any atom is -0.426 e. The summed E-state index contributed by atoms with van der Waals surface area (Å²) in [6.45, 7) is 3.97. The van der Waals surface area contributed by atoms with Gasteiger partial charge >= 0.3 is 11.9 Å². The highest BCUT2D eigenvalue weighted by molar-refractivity contribution is 7.93. The Morgan fingerprint density at radius 1 is 0.926 bits per heavy atom. The molecule has 0 saturated carbocycles. The normalized spacial score (nSPS) is 12.6. The topological polar surface area (TPSA) is 99.1 Å². The highest BCUT2D eigenvalue weighted by Crippen LogP contribution is 2.34. The van der Waals surface area contributed by atoms with E-state index in [4.69, 9.17) is 9.47 Å². The quantitative estimate of drug-likeness (QED) is 0.588. The van der Waals surface area contributed by atoms with E-state index in [9.17, 15) is 18.6 Å². The second-order valence-electron chi connectivity index (χ2n) is 5.78. The van der Waals surface area contributed by atoms with Crippen molar-refractivity contribution in [1.29, 1.82) is 0 Å². The number of ether oxygens (including phenoxy) is 2. The molecule has 0 aliphatic heterocycles. The van der Waals surface area contributed by atoms with Gasteiger partial charge < -0.3 is 9.47 Å². The van der Waals surface area contributed by atoms with Gasteiger partial charge in [-0.3, -0.25) is 14.4 Å². The zero-order valence-corrected chi connectivity index (χ0v) is 16.2. The minimum atomic E-state index is -3.07. The molecule has 0 spiro atoms. The van der Waals surface area contributed by atoms with Gasteiger partial charge in [0.15, 0.2) is 0 Å². The summed E-state index contributed by atoms with van der Waals surface area (Å²) in [6.07, 6.45) is 1.33. The molecule has 2 aromatic carbocycles. The molecule has 8 heteroatoms. The van der Waals surface area contributed by atoms with Gasteiger partial charge in [-0.25, -0.2) is 4.21 Å². The van der Waals surface area contributed by atoms with Gasteiger partial charge in [0.2, 0.25) is 0 Å². The van der Waals surface area contributed by atoms with Gasteiger partial charge in [-0.05, 0) is 30.7 Å². The predicted octanol–water partition coefficient (Wildman–Crippen LogP) is 3.14. The summed E-state index contributed by atoms with van der Waals surface area (Å²) in [7, 11) is -3.07. The number of esters is 2. The molecule has 142 valence electrons. The number of nitrogens with zero attached hydrogens (tertiary/aromatic N) is 1. The SMILES string of the molecule is CC(=O)Oc1ccc(C)c(OC(C)=O)c1C(=O)N=S(C)(=O)c1ccccc1. The monoisotopic (exact) mass is 389 g/mol. The van der Waals surface area contributed by atoms with Crippen molar-refractivity contribution in [3.8, 4) is 11.5 Å². The van der Waals surface area contributed by atoms with Crippen LogP contribution in [0.2, 0.25) is 0 Å². The van der Waals surface area contributed by atoms with Crippen molar-refractivity contribution < 1.29 is 28.1 Å². The predicted molar refractivity (Wildman–Crippen MR) is 99.3 cm³/mol. The molecule has 0 bridgehead atoms. The van der Waals surface area contributed by atoms with E-state index in [1.54, 1.807) is 37.3 Å². The molecule has 1 amide bonds. The lowest BCUT2D eigenvalue weighted by Gasteiger charge is -2.14. The van der Waals surface area contributed by atoms with Crippen molar-refractivity contribution in [3.63, 3.8) is 0 Å². The van der Waals surface area contributed by atoms with Crippen LogP contribution >= 0.6 is 0 Å². The Morgan fingerprint density at radius 2 is 1.52 bits per heavy atom. The third kappa shape index (κ3) is 5.01. The zero-order valence-electron chi connectivity index (χ0n) is 15.3. The van der Waals surface area contributed by atoms with Gasteiger partial charge in [-0.1, -0.05) is 24.3 Å². The first-order valence-electron chi connectivity index (χ1n) is 7.94. The Bertz CT molecular complexity index is 1020. The second-order valence-corrected chi connectivity index (χ2v) is 8.04. The summed E-state index contributed by atoms with van der Waals surface area (Å²) in [4.78, 5) is 36.1. The zero-order chi connectivity index (χ0) is 20.2. The van der Waals surface area contributed by atoms with Gasteiger partial charge in [-0.15, -0.1) is 0 Å². The molecule has 0 heterocycles. The number of aryl methyl sites for hydroxylation is 1. The second kappa shape index (κ2) is 8.13. The van der Waals surface area contributed by atoms with Crippen LogP contribution in [0, 0.1) is 6.92 Å². The van der Waals surface area contributed by atoms with E-state index in [-0.39, 0.29) is 17.1 Å². The molecule has 0 aliphatic rings. The number of carbonyl (C=O) groups excluding carboxylic acids is 3. The van der Waals surface area contributed by atoms with E-state index >= 15 is 0 Å². The maximum atomic E-state index is 12.9. The molecule has 1 unspecified atom stereocenters. The van der Waals surface area contributed by atoms with Crippen LogP contribution in [0.3, 0.4) is 0 Å². The van der Waals surface area contributed by atoms with Crippen LogP contribution in [0.4, 0.5) is 0 Å². The third-order valence-corrected chi connectivity index (χ3v) is 5.13. The fraction of sp³-hybridized carbons (Fsp3) is 0.211. The molecular formula is C19H19NO6S. The first-order chi connectivity index (χ1) is 12.6. The Balaban J connectivity index is 2.67. The van der Waals surface area contributed by atoms with Crippen molar-refractivity contribution in [1.82, 2.24) is 0 Å². The maximum Gasteiger partial charge on any atom is 0.308 e. The Kier molecular flexibility index (Phi) is 6.12. The van der Waals surface area contributed by atoms with Crippen LogP contribution in [0.5, 0.6) is 11.5 Å². The standard InChI is InChI=1S/C19H19NO6S/c1-12-10-11-16(25-13(2)21)17(18(12)26-14(3)22)19(23)20-27(4,24)15-8-6-5-7-9-15/h5-11H,1-4H3. The minimum absolute atomic E-state index is 0.0849. The van der Waals surface area contributed by atoms with Gasteiger partial charge in [-0.2, -0.15) is 4.36 Å². The van der Waals surface area contributed by atoms with E-state index in [1.807, 2.05) is 0 Å². The summed E-state index contributed by atoms with van der Waals surface area (Å²) in [5, 5.41) is 0. The van der Waals surface area contributed by atoms with Gasteiger partial charge in [0.05, 0.1) is 9.73 Å². The summed E-state index contributed by atoms with van der Waals surface area (Å²) >= 11 is 0. The maximum absolute atomic E-state index is 12.9. The summed E-state index contributed by atoms with van der Waals surface area (Å²) in [5.74, 6) is -2.45. The van der Waals surface area contributed by atoms with Crippen LogP contribution in [-0.4, -0.2) is 28.3 Å². The Hall–Kier alpha value is -3.00. The van der Waals surface area contributed by atoms with Gasteiger partial charge in [0.25, 0.3) is 5.91 Å². The van der Waals surface area contributed by atoms with Gasteiger partial charge in [0.1, 0.15) is 17.1 Å². The Labute approximate surface area is 157 Å². The molecule has 2 rings (SSSR count). The molecule has 0 radical (unpaired) electrons. The molecule has 2 aromatic rings. The number of hydrogen-bond acceptors (Lipinski definition) is 6. The van der Waals surface area contributed by atoms with Crippen molar-refractivity contribution >= 4 is 27.6 Å². The van der Waals surface area contributed by atoms with Gasteiger partial charge in [0, 0.05) is 25.0 Å². The first kappa shape index (κ1) is 20.3. The molecule has 0 fully saturated rings. The summed E-state index contributed by atoms with van der Waals surface area (Å²) < 4.78 is 26.9. The lowest BCUT2D eigenvalue weighted by molar-refractivity contribution is -0.132. The van der Waals surface area contributed by atoms with E-state index < -0.39 is 27.6 Å². The number of hydrogen-bond donors (Lipinski definition) is 0. The molecule has 1 atom stereocenters. The van der Waals surface area contributed by atoms with Crippen LogP contribution in [0.15, 0.2) is 51.7 Å². The molecule has 0 saturated heterocycles. The molecule has 0 aromatic heterocycles. The molecule has 0 aliphatic carbocycles. The average molecular weight is 389 g/mol. The highest BCUT2D eigenvalue weighted by Gasteiger charge is 2.24. The first-order valence-corrected chi connectivity index (χ1v) is 9.86. The van der Waals surface area contributed by atoms with Crippen LogP contribution in [0.25, 0.3) is 0 Å². The molecule has 0 N–H and O–H groups in total. The summed E-state index contributed by atoms with van der Waals surface area (Å²) in [5.41, 5.74) is 0.230. The number of carbonyl (C=O) groups is 3. The van der Waals surface area contributed by atoms with E-state index in [0.717, 1.165) is 0 Å². The average Bonchev–Trinajstić information content (AvgIpc) is 2.57. The van der Waals surface area contributed by atoms with E-state index in [1.165, 1.54) is 32.2 Å². The number of benzene rings is 2. The fourth-order valence-electron chi connectivity index (χ4n) is 2.32. The smallest absolute Gasteiger partial charge is 0.308 e. The van der Waals surface area contributed by atoms with Crippen LogP contribution in [0.1, 0.15) is 29.8 Å². The third-order valence-electron chi connectivity index (χ3n) is 3.47. The Morgan fingerprint density at radius 3 is 2.07 bits per heavy atom. The van der Waals surface area contributed by atoms with Crippen molar-refractivity contribution in [3.05, 3.63) is 53.6 Å². The molecule has 7 nitrogen and oxygen atoms in total. The van der Waals surface area contributed by atoms with Crippen molar-refractivity contribution in [2.45, 2.75) is 25.7 Å². The largest absolute Gasteiger partial charge is 0.426 e. The van der Waals surface area contributed by atoms with E-state index in [0.29, 0.717) is 10.5 Å².